The third kappa shape index (κ3) is 4.01. The zero-order chi connectivity index (χ0) is 20.3. The van der Waals surface area contributed by atoms with Crippen molar-refractivity contribution in [3.05, 3.63) is 58.5 Å². The van der Waals surface area contributed by atoms with E-state index in [4.69, 9.17) is 9.47 Å². The van der Waals surface area contributed by atoms with Gasteiger partial charge in [0.1, 0.15) is 4.47 Å². The molecule has 0 aliphatic rings. The molecule has 28 heavy (non-hydrogen) atoms. The van der Waals surface area contributed by atoms with E-state index in [1.54, 1.807) is 6.92 Å². The fourth-order valence-corrected chi connectivity index (χ4v) is 2.97. The lowest BCUT2D eigenvalue weighted by molar-refractivity contribution is -0.145. The van der Waals surface area contributed by atoms with Gasteiger partial charge in [-0.25, -0.2) is 27.6 Å². The molecule has 0 aliphatic heterocycles. The number of benzene rings is 1. The van der Waals surface area contributed by atoms with Crippen LogP contribution in [-0.2, 0) is 9.53 Å². The summed E-state index contributed by atoms with van der Waals surface area (Å²) >= 11 is 3.27. The maximum absolute atomic E-state index is 14.3. The topological polar surface area (TPSA) is 66.2 Å². The standard InChI is InChI=1S/C18H13BrF3N3O3/c1-2-27-14(26)9-28-18-15(19)16(10-5-6-11(20)13(22)8-10)25(24-18)17-12(21)4-3-7-23-17/h3-8H,2,9H2,1H3. The van der Waals surface area contributed by atoms with Crippen LogP contribution in [-0.4, -0.2) is 33.9 Å². The number of pyridine rings is 1. The Balaban J connectivity index is 2.11. The summed E-state index contributed by atoms with van der Waals surface area (Å²) in [7, 11) is 0. The smallest absolute Gasteiger partial charge is 0.344 e. The maximum atomic E-state index is 14.3. The Morgan fingerprint density at radius 1 is 1.18 bits per heavy atom. The molecule has 0 radical (unpaired) electrons. The van der Waals surface area contributed by atoms with Crippen LogP contribution in [0.5, 0.6) is 5.88 Å². The number of esters is 1. The SMILES string of the molecule is CCOC(=O)COc1nn(-c2ncccc2F)c(-c2ccc(F)c(F)c2)c1Br. The number of ether oxygens (including phenoxy) is 2. The zero-order valence-corrected chi connectivity index (χ0v) is 16.0. The van der Waals surface area contributed by atoms with E-state index in [9.17, 15) is 18.0 Å². The van der Waals surface area contributed by atoms with Gasteiger partial charge in [-0.1, -0.05) is 0 Å². The molecule has 10 heteroatoms. The van der Waals surface area contributed by atoms with Crippen LogP contribution in [0.2, 0.25) is 0 Å². The van der Waals surface area contributed by atoms with Gasteiger partial charge in [0, 0.05) is 11.8 Å². The Kier molecular flexibility index (Phi) is 5.98. The van der Waals surface area contributed by atoms with E-state index >= 15 is 0 Å². The summed E-state index contributed by atoms with van der Waals surface area (Å²) in [5.41, 5.74) is 0.352. The molecule has 0 unspecified atom stereocenters. The summed E-state index contributed by atoms with van der Waals surface area (Å²) in [6, 6.07) is 5.73. The molecule has 3 aromatic rings. The van der Waals surface area contributed by atoms with E-state index in [1.165, 1.54) is 24.4 Å². The van der Waals surface area contributed by atoms with Crippen molar-refractivity contribution >= 4 is 21.9 Å². The summed E-state index contributed by atoms with van der Waals surface area (Å²) in [4.78, 5) is 15.5. The Bertz CT molecular complexity index is 1030. The molecule has 0 spiro atoms. The van der Waals surface area contributed by atoms with Crippen LogP contribution in [0.4, 0.5) is 13.2 Å². The highest BCUT2D eigenvalue weighted by Gasteiger charge is 2.24. The van der Waals surface area contributed by atoms with E-state index in [2.05, 4.69) is 26.0 Å². The lowest BCUT2D eigenvalue weighted by Crippen LogP contribution is -2.15. The Labute approximate surface area is 166 Å². The van der Waals surface area contributed by atoms with Gasteiger partial charge < -0.3 is 9.47 Å². The second-order valence-corrected chi connectivity index (χ2v) is 6.20. The van der Waals surface area contributed by atoms with Crippen LogP contribution in [0.1, 0.15) is 6.92 Å². The molecule has 0 N–H and O–H groups in total. The first kappa shape index (κ1) is 19.9. The summed E-state index contributed by atoms with van der Waals surface area (Å²) in [6.07, 6.45) is 1.35. The van der Waals surface area contributed by atoms with Gasteiger partial charge >= 0.3 is 5.97 Å². The highest BCUT2D eigenvalue weighted by Crippen LogP contribution is 2.37. The van der Waals surface area contributed by atoms with E-state index in [-0.39, 0.29) is 34.0 Å². The number of carbonyl (C=O) groups excluding carboxylic acids is 1. The van der Waals surface area contributed by atoms with Crippen LogP contribution in [0.3, 0.4) is 0 Å². The first-order valence-corrected chi connectivity index (χ1v) is 8.85. The molecular formula is C18H13BrF3N3O3. The molecular weight excluding hydrogens is 443 g/mol. The van der Waals surface area contributed by atoms with Crippen LogP contribution >= 0.6 is 15.9 Å². The number of carbonyl (C=O) groups is 1. The Hall–Kier alpha value is -2.88. The minimum atomic E-state index is -1.09. The van der Waals surface area contributed by atoms with Gasteiger partial charge in [-0.15, -0.1) is 5.10 Å². The van der Waals surface area contributed by atoms with Crippen LogP contribution < -0.4 is 4.74 Å². The van der Waals surface area contributed by atoms with E-state index in [1.807, 2.05) is 0 Å². The van der Waals surface area contributed by atoms with Crippen molar-refractivity contribution in [2.24, 2.45) is 0 Å². The first-order chi connectivity index (χ1) is 13.4. The molecule has 3 rings (SSSR count). The molecule has 0 bridgehead atoms. The van der Waals surface area contributed by atoms with E-state index in [0.29, 0.717) is 0 Å². The fraction of sp³-hybridized carbons (Fsp3) is 0.167. The second-order valence-electron chi connectivity index (χ2n) is 5.41. The summed E-state index contributed by atoms with van der Waals surface area (Å²) in [5, 5.41) is 4.12. The third-order valence-corrected chi connectivity index (χ3v) is 4.28. The normalized spacial score (nSPS) is 10.8. The minimum Gasteiger partial charge on any atom is -0.464 e. The number of nitrogens with zero attached hydrogens (tertiary/aromatic N) is 3. The second kappa shape index (κ2) is 8.42. The quantitative estimate of drug-likeness (QED) is 0.524. The van der Waals surface area contributed by atoms with Gasteiger partial charge in [0.05, 0.1) is 12.3 Å². The number of rotatable bonds is 6. The van der Waals surface area contributed by atoms with Crippen molar-refractivity contribution in [2.75, 3.05) is 13.2 Å². The first-order valence-electron chi connectivity index (χ1n) is 8.05. The van der Waals surface area contributed by atoms with Crippen LogP contribution in [0.25, 0.3) is 17.1 Å². The summed E-state index contributed by atoms with van der Waals surface area (Å²) < 4.78 is 52.8. The molecule has 0 saturated heterocycles. The number of halogens is 4. The van der Waals surface area contributed by atoms with Crippen molar-refractivity contribution < 1.29 is 27.4 Å². The lowest BCUT2D eigenvalue weighted by atomic mass is 10.1. The summed E-state index contributed by atoms with van der Waals surface area (Å²) in [5.74, 6) is -3.70. The Morgan fingerprint density at radius 3 is 2.64 bits per heavy atom. The zero-order valence-electron chi connectivity index (χ0n) is 14.5. The predicted molar refractivity (Wildman–Crippen MR) is 96.5 cm³/mol. The van der Waals surface area contributed by atoms with E-state index < -0.39 is 30.0 Å². The molecule has 0 fully saturated rings. The van der Waals surface area contributed by atoms with E-state index in [0.717, 1.165) is 16.8 Å². The average Bonchev–Trinajstić information content (AvgIpc) is 2.99. The fourth-order valence-electron chi connectivity index (χ4n) is 2.38. The summed E-state index contributed by atoms with van der Waals surface area (Å²) in [6.45, 7) is 1.38. The number of aromatic nitrogens is 3. The molecule has 2 aromatic heterocycles. The van der Waals surface area contributed by atoms with Crippen molar-refractivity contribution in [3.8, 4) is 23.0 Å². The van der Waals surface area contributed by atoms with Gasteiger partial charge in [0.15, 0.2) is 29.9 Å². The monoisotopic (exact) mass is 455 g/mol. The molecule has 1 aromatic carbocycles. The average molecular weight is 456 g/mol. The van der Waals surface area contributed by atoms with Gasteiger partial charge in [0.2, 0.25) is 5.88 Å². The van der Waals surface area contributed by atoms with Crippen molar-refractivity contribution in [1.29, 1.82) is 0 Å². The predicted octanol–water partition coefficient (Wildman–Crippen LogP) is 4.06. The molecule has 6 nitrogen and oxygen atoms in total. The molecule has 2 heterocycles. The number of hydrogen-bond donors (Lipinski definition) is 0. The molecule has 0 amide bonds. The third-order valence-electron chi connectivity index (χ3n) is 3.56. The van der Waals surface area contributed by atoms with Crippen LogP contribution in [0, 0.1) is 17.5 Å². The molecule has 0 atom stereocenters. The molecule has 146 valence electrons. The van der Waals surface area contributed by atoms with Gasteiger partial charge in [-0.2, -0.15) is 0 Å². The maximum Gasteiger partial charge on any atom is 0.344 e. The lowest BCUT2D eigenvalue weighted by Gasteiger charge is -2.08. The van der Waals surface area contributed by atoms with Gasteiger partial charge in [0.25, 0.3) is 0 Å². The largest absolute Gasteiger partial charge is 0.464 e. The highest BCUT2D eigenvalue weighted by atomic mass is 79.9. The Morgan fingerprint density at radius 2 is 1.96 bits per heavy atom. The van der Waals surface area contributed by atoms with Gasteiger partial charge in [-0.3, -0.25) is 0 Å². The van der Waals surface area contributed by atoms with Crippen molar-refractivity contribution in [3.63, 3.8) is 0 Å². The molecule has 0 saturated carbocycles. The van der Waals surface area contributed by atoms with Gasteiger partial charge in [-0.05, 0) is 53.2 Å². The number of hydrogen-bond acceptors (Lipinski definition) is 5. The highest BCUT2D eigenvalue weighted by molar-refractivity contribution is 9.10. The minimum absolute atomic E-state index is 0.0714. The van der Waals surface area contributed by atoms with Crippen LogP contribution in [0.15, 0.2) is 41.0 Å². The van der Waals surface area contributed by atoms with Crippen molar-refractivity contribution in [1.82, 2.24) is 14.8 Å². The van der Waals surface area contributed by atoms with Crippen molar-refractivity contribution in [2.45, 2.75) is 6.92 Å². The molecule has 0 aliphatic carbocycles.